The lowest BCUT2D eigenvalue weighted by Crippen LogP contribution is -2.36. The standard InChI is InChI=1S/C48H59Cl2N13O8S.C36H39Cl2N9O7.C13H23N3O2S/c1-30-5-4-6-39(62-29-54-34(25-44(62)66)33-24-32(49)9-10-38(33)63-27-41(50)58-60-63)35-23-31(11-13-51-35)45-36(55-47(30)67)26-61(59-45)16-18-70-20-22-71-21-19-69-17-12-43(65)53-15-14-52-42(64)8-3-2-7-40-46-37(28-72-40)56-48(68)57-46;1-23-3-2-4-31(46-22-40-27(19-33(46)48)26-18-25(37)5-6-30(26)47-21-32(38)42-44-47)28-17-24(7-9-39-28)35-29(41-36(23)51)20-45(43-35)10-12-53-14-16-54-15-13-52-11-8-34(49)50;14-7-3-5-9(17)4-1-2-6-11-12-10(8-19-11)15-13(18)16-12/h9-11,13,23-27,29-30,37,39-40,46H,2-8,12,14-22,28H2,1H3,(H,52,64)(H,53,65)(H,55,67)(H2,56,57,68);5-7,9,17-23,31H,2-4,8,10-16H2,1H3,(H,41,51)(H,49,50);10-12H,1-8,14H2,(H2,15,16,18)/t30-,37+,39+,40+,46+;23-,31+;10-,11?,12-/m110/s1. The smallest absolute Gasteiger partial charge is 0.315 e. The fourth-order valence-electron chi connectivity index (χ4n) is 17.6. The highest BCUT2D eigenvalue weighted by molar-refractivity contribution is 8.00. The van der Waals surface area contributed by atoms with E-state index in [4.69, 9.17) is 106 Å². The molecule has 4 fully saturated rings. The van der Waals surface area contributed by atoms with E-state index in [-0.39, 0.29) is 113 Å². The van der Waals surface area contributed by atoms with Gasteiger partial charge in [-0.15, -0.1) is 10.2 Å². The second-order valence-corrected chi connectivity index (χ2v) is 39.9. The van der Waals surface area contributed by atoms with Crippen molar-refractivity contribution in [2.75, 3.05) is 121 Å². The number of fused-ring (bicyclic) bond motifs is 10. The van der Waals surface area contributed by atoms with Crippen LogP contribution >= 0.6 is 69.9 Å². The van der Waals surface area contributed by atoms with E-state index in [0.29, 0.717) is 263 Å². The fraction of sp³-hybridized carbons (Fsp3) is 0.505. The van der Waals surface area contributed by atoms with Gasteiger partial charge in [-0.2, -0.15) is 33.7 Å². The summed E-state index contributed by atoms with van der Waals surface area (Å²) in [5.74, 6) is 0.274. The highest BCUT2D eigenvalue weighted by atomic mass is 35.5. The number of carbonyl (C=O) groups is 8. The number of hydrogen-bond acceptors (Lipinski definition) is 29. The number of aromatic nitrogens is 16. The lowest BCUT2D eigenvalue weighted by atomic mass is 9.97. The molecule has 145 heavy (non-hydrogen) atoms. The molecule has 0 radical (unpaired) electrons. The molecule has 0 spiro atoms. The molecule has 11 N–H and O–H groups in total. The molecular weight excluding hydrogens is 1990 g/mol. The first kappa shape index (κ1) is 109. The molecule has 8 amide bonds. The summed E-state index contributed by atoms with van der Waals surface area (Å²) in [5.41, 5.74) is 12.9. The first-order chi connectivity index (χ1) is 70.3. The summed E-state index contributed by atoms with van der Waals surface area (Å²) in [6, 6.07) is 20.6. The van der Waals surface area contributed by atoms with Crippen molar-refractivity contribution in [2.24, 2.45) is 17.6 Å². The number of unbranched alkanes of at least 4 members (excludes halogenated alkanes) is 2. The van der Waals surface area contributed by atoms with E-state index in [9.17, 15) is 47.9 Å². The van der Waals surface area contributed by atoms with E-state index in [0.717, 1.165) is 62.0 Å². The van der Waals surface area contributed by atoms with Crippen molar-refractivity contribution in [3.05, 3.63) is 175 Å². The van der Waals surface area contributed by atoms with Crippen molar-refractivity contribution in [2.45, 2.75) is 189 Å². The number of thioether (sulfide) groups is 2. The Labute approximate surface area is 865 Å². The van der Waals surface area contributed by atoms with Gasteiger partial charge < -0.3 is 81.8 Å². The Morgan fingerprint density at radius 2 is 0.910 bits per heavy atom. The van der Waals surface area contributed by atoms with Crippen molar-refractivity contribution < 1.29 is 71.9 Å². The van der Waals surface area contributed by atoms with E-state index in [1.807, 2.05) is 61.6 Å². The molecular formula is C97H121Cl4N25O17S2. The molecule has 6 aliphatic heterocycles. The summed E-state index contributed by atoms with van der Waals surface area (Å²) in [4.78, 5) is 143. The number of nitrogens with one attached hydrogen (secondary N) is 8. The predicted octanol–water partition coefficient (Wildman–Crippen LogP) is 10.8. The molecule has 8 aromatic heterocycles. The molecule has 48 heteroatoms. The van der Waals surface area contributed by atoms with Crippen LogP contribution in [0.25, 0.3) is 56.4 Å². The van der Waals surface area contributed by atoms with E-state index < -0.39 is 18.1 Å². The summed E-state index contributed by atoms with van der Waals surface area (Å²) in [5, 5.41) is 60.0. The van der Waals surface area contributed by atoms with Crippen molar-refractivity contribution in [1.82, 2.24) is 111 Å². The summed E-state index contributed by atoms with van der Waals surface area (Å²) >= 11 is 28.6. The third-order valence-corrected chi connectivity index (χ3v) is 29.0. The van der Waals surface area contributed by atoms with E-state index in [1.165, 1.54) is 34.2 Å². The molecule has 0 saturated carbocycles. The summed E-state index contributed by atoms with van der Waals surface area (Å²) in [6.45, 7) is 9.66. The molecule has 2 aromatic carbocycles. The van der Waals surface area contributed by atoms with Gasteiger partial charge in [0.15, 0.2) is 10.3 Å². The molecule has 4 saturated heterocycles. The Morgan fingerprint density at radius 3 is 1.34 bits per heavy atom. The van der Waals surface area contributed by atoms with Crippen LogP contribution in [-0.2, 0) is 70.3 Å². The first-order valence-electron chi connectivity index (χ1n) is 48.8. The predicted molar refractivity (Wildman–Crippen MR) is 547 cm³/mol. The quantitative estimate of drug-likeness (QED) is 0.0125. The normalized spacial score (nSPS) is 19.4. The minimum Gasteiger partial charge on any atom is -0.481 e. The highest BCUT2D eigenvalue weighted by Crippen LogP contribution is 2.39. The lowest BCUT2D eigenvalue weighted by molar-refractivity contribution is -0.138. The van der Waals surface area contributed by atoms with Crippen molar-refractivity contribution >= 4 is 129 Å². The number of hydrogen-bond donors (Lipinski definition) is 10. The number of amides is 8. The number of carbonyl (C=O) groups excluding carboxylic acids is 7. The van der Waals surface area contributed by atoms with E-state index in [2.05, 4.69) is 73.1 Å². The number of carboxylic acids is 1. The summed E-state index contributed by atoms with van der Waals surface area (Å²) in [6.07, 6.45) is 25.0. The average molecular weight is 2120 g/mol. The number of halogens is 4. The number of carboxylic acid groups (broad SMARTS) is 1. The van der Waals surface area contributed by atoms with Gasteiger partial charge in [-0.25, -0.2) is 28.9 Å². The Hall–Kier alpha value is -11.7. The van der Waals surface area contributed by atoms with Crippen LogP contribution in [0.15, 0.2) is 132 Å². The molecule has 10 aromatic rings. The highest BCUT2D eigenvalue weighted by Gasteiger charge is 2.44. The Kier molecular flexibility index (Phi) is 41.5. The zero-order chi connectivity index (χ0) is 102. The van der Waals surface area contributed by atoms with Crippen molar-refractivity contribution in [3.63, 3.8) is 0 Å². The second-order valence-electron chi connectivity index (χ2n) is 35.7. The van der Waals surface area contributed by atoms with Crippen LogP contribution in [-0.4, -0.2) is 276 Å². The van der Waals surface area contributed by atoms with Gasteiger partial charge in [0.25, 0.3) is 11.1 Å². The number of benzene rings is 2. The Morgan fingerprint density at radius 1 is 0.483 bits per heavy atom. The molecule has 776 valence electrons. The first-order valence-corrected chi connectivity index (χ1v) is 52.4. The Balaban J connectivity index is 0.000000199. The van der Waals surface area contributed by atoms with Gasteiger partial charge >= 0.3 is 18.0 Å². The maximum atomic E-state index is 14.0. The van der Waals surface area contributed by atoms with Crippen molar-refractivity contribution in [1.29, 1.82) is 0 Å². The SMILES string of the molecule is C[C@@H]1CCC[C@H](n2cnc(-c3cc(Cl)ccc3-n3cc(Cl)nn3)cc2=O)c2cc(ccn2)-c2nn(CCOCCOCCOCCC(=O)NCCNC(=O)CCCC[C@@H]3SC[C@@H]4NC(=O)N[C@@H]43)cc2NC1=O.C[C@@H]1CCC[C@H](n2cnc(-c3cc(Cl)ccc3-n3cc(Cl)nn3)cc2=O)c2cc(ccn2)-c2nn(CCOCCOCCOCCC(=O)O)cc2NC1=O.NCCCC(=O)CCCCC1SC[C@@H]2NC(=O)N[C@H]12. The van der Waals surface area contributed by atoms with E-state index >= 15 is 0 Å². The van der Waals surface area contributed by atoms with Gasteiger partial charge in [-0.1, -0.05) is 96.4 Å². The number of ether oxygens (including phenoxy) is 6. The number of Topliss-reactive ketones (excluding diaryl/α,β-unsaturated/α-hetero) is 1. The van der Waals surface area contributed by atoms with Crippen LogP contribution in [0.2, 0.25) is 20.4 Å². The minimum absolute atomic E-state index is 0.0303. The number of urea groups is 2. The van der Waals surface area contributed by atoms with Crippen LogP contribution in [0, 0.1) is 11.8 Å². The number of ketones is 1. The molecule has 1 unspecified atom stereocenters. The maximum Gasteiger partial charge on any atom is 0.315 e. The number of nitrogens with two attached hydrogens (primary N) is 1. The number of nitrogens with zero attached hydrogens (tertiary/aromatic N) is 16. The fourth-order valence-corrected chi connectivity index (χ4v) is 21.2. The van der Waals surface area contributed by atoms with Crippen LogP contribution in [0.4, 0.5) is 21.0 Å². The second kappa shape index (κ2) is 55.2. The maximum absolute atomic E-state index is 14.0. The zero-order valence-corrected chi connectivity index (χ0v) is 85.2. The van der Waals surface area contributed by atoms with Gasteiger partial charge in [-0.3, -0.25) is 66.8 Å². The molecule has 0 aliphatic carbocycles. The molecule has 16 rings (SSSR count). The van der Waals surface area contributed by atoms with Gasteiger partial charge in [-0.05, 0) is 125 Å². The summed E-state index contributed by atoms with van der Waals surface area (Å²) < 4.78 is 43.0. The van der Waals surface area contributed by atoms with Crippen LogP contribution in [0.3, 0.4) is 0 Å². The van der Waals surface area contributed by atoms with Gasteiger partial charge in [0, 0.05) is 142 Å². The number of aliphatic carboxylic acids is 1. The number of rotatable bonds is 46. The lowest BCUT2D eigenvalue weighted by Gasteiger charge is -2.22. The molecule has 4 bridgehead atoms. The minimum atomic E-state index is -0.905. The third kappa shape index (κ3) is 31.9. The summed E-state index contributed by atoms with van der Waals surface area (Å²) in [7, 11) is 0. The number of anilines is 2. The molecule has 14 heterocycles. The van der Waals surface area contributed by atoms with Gasteiger partial charge in [0.2, 0.25) is 23.6 Å². The Bertz CT molecular complexity index is 6190. The molecule has 6 aliphatic rings. The monoisotopic (exact) mass is 2110 g/mol. The third-order valence-electron chi connectivity index (χ3n) is 25.2. The molecule has 42 nitrogen and oxygen atoms in total. The van der Waals surface area contributed by atoms with Gasteiger partial charge in [0.1, 0.15) is 17.2 Å². The largest absolute Gasteiger partial charge is 0.481 e. The topological polar surface area (TPSA) is 527 Å². The van der Waals surface area contributed by atoms with Crippen LogP contribution in [0.1, 0.15) is 153 Å². The van der Waals surface area contributed by atoms with Crippen LogP contribution < -0.4 is 59.4 Å². The number of pyridine rings is 2. The van der Waals surface area contributed by atoms with E-state index in [1.54, 1.807) is 92.1 Å². The van der Waals surface area contributed by atoms with Crippen molar-refractivity contribution in [3.8, 4) is 56.4 Å². The zero-order valence-electron chi connectivity index (χ0n) is 80.5. The average Bonchev–Trinajstić information content (AvgIpc) is 1.41. The van der Waals surface area contributed by atoms with Gasteiger partial charge in [0.05, 0.1) is 206 Å². The van der Waals surface area contributed by atoms with Crippen LogP contribution in [0.5, 0.6) is 0 Å². The molecule has 10 atom stereocenters.